The minimum Gasteiger partial charge on any atom is -0.486 e. The first-order valence-electron chi connectivity index (χ1n) is 9.55. The fourth-order valence-corrected chi connectivity index (χ4v) is 3.54. The summed E-state index contributed by atoms with van der Waals surface area (Å²) in [4.78, 5) is 27.1. The molecule has 0 bridgehead atoms. The molecule has 3 rings (SSSR count). The van der Waals surface area contributed by atoms with Crippen LogP contribution in [-0.2, 0) is 4.79 Å². The van der Waals surface area contributed by atoms with Gasteiger partial charge in [0, 0.05) is 18.0 Å². The van der Waals surface area contributed by atoms with E-state index < -0.39 is 0 Å². The molecular formula is C20H28N2O4. The van der Waals surface area contributed by atoms with Gasteiger partial charge in [-0.25, -0.2) is 0 Å². The number of carbonyl (C=O) groups is 2. The molecule has 0 radical (unpaired) electrons. The number of nitrogens with one attached hydrogen (secondary N) is 1. The summed E-state index contributed by atoms with van der Waals surface area (Å²) in [5, 5.41) is 2.94. The van der Waals surface area contributed by atoms with Gasteiger partial charge in [-0.2, -0.15) is 0 Å². The van der Waals surface area contributed by atoms with Gasteiger partial charge in [-0.1, -0.05) is 6.92 Å². The maximum Gasteiger partial charge on any atom is 0.237 e. The van der Waals surface area contributed by atoms with E-state index in [1.54, 1.807) is 6.07 Å². The van der Waals surface area contributed by atoms with Gasteiger partial charge < -0.3 is 14.8 Å². The zero-order chi connectivity index (χ0) is 18.5. The second-order valence-corrected chi connectivity index (χ2v) is 7.00. The van der Waals surface area contributed by atoms with E-state index in [1.807, 2.05) is 26.0 Å². The third-order valence-corrected chi connectivity index (χ3v) is 5.20. The summed E-state index contributed by atoms with van der Waals surface area (Å²) in [5.74, 6) is 1.59. The number of hydrogen-bond acceptors (Lipinski definition) is 5. The lowest BCUT2D eigenvalue weighted by Gasteiger charge is -2.34. The summed E-state index contributed by atoms with van der Waals surface area (Å²) in [7, 11) is 0. The highest BCUT2D eigenvalue weighted by atomic mass is 16.6. The summed E-state index contributed by atoms with van der Waals surface area (Å²) in [6.45, 7) is 7.28. The molecule has 1 fully saturated rings. The van der Waals surface area contributed by atoms with E-state index in [1.165, 1.54) is 0 Å². The first-order chi connectivity index (χ1) is 12.6. The molecule has 6 nitrogen and oxygen atoms in total. The van der Waals surface area contributed by atoms with Gasteiger partial charge in [0.2, 0.25) is 5.91 Å². The van der Waals surface area contributed by atoms with Crippen molar-refractivity contribution in [2.24, 2.45) is 5.92 Å². The van der Waals surface area contributed by atoms with Gasteiger partial charge in [0.1, 0.15) is 13.2 Å². The minimum absolute atomic E-state index is 0.000267. The van der Waals surface area contributed by atoms with Gasteiger partial charge in [-0.3, -0.25) is 14.5 Å². The lowest BCUT2D eigenvalue weighted by atomic mass is 9.88. The van der Waals surface area contributed by atoms with Crippen LogP contribution in [0.2, 0.25) is 0 Å². The van der Waals surface area contributed by atoms with E-state index in [-0.39, 0.29) is 23.7 Å². The monoisotopic (exact) mass is 360 g/mol. The second-order valence-electron chi connectivity index (χ2n) is 7.00. The smallest absolute Gasteiger partial charge is 0.237 e. The third kappa shape index (κ3) is 4.18. The average Bonchev–Trinajstić information content (AvgIpc) is 2.70. The Balaban J connectivity index is 1.56. The topological polar surface area (TPSA) is 67.9 Å². The van der Waals surface area contributed by atoms with E-state index in [2.05, 4.69) is 10.2 Å². The number of amides is 1. The van der Waals surface area contributed by atoms with Crippen molar-refractivity contribution in [2.45, 2.75) is 39.2 Å². The SMILES string of the molecule is CCCNC(=O)[C@@H](C)N1CCC(C(=O)c2ccc3c(c2)OCCO3)CC1. The number of Topliss-reactive ketones (excluding diaryl/α,β-unsaturated/α-hetero) is 1. The molecule has 1 aromatic carbocycles. The minimum atomic E-state index is -0.146. The number of piperidine rings is 1. The van der Waals surface area contributed by atoms with Crippen LogP contribution >= 0.6 is 0 Å². The van der Waals surface area contributed by atoms with Crippen LogP contribution in [0.5, 0.6) is 11.5 Å². The molecule has 0 aromatic heterocycles. The molecule has 142 valence electrons. The molecule has 1 atom stereocenters. The Kier molecular flexibility index (Phi) is 6.14. The predicted molar refractivity (Wildman–Crippen MR) is 98.8 cm³/mol. The summed E-state index contributed by atoms with van der Waals surface area (Å²) < 4.78 is 11.1. The normalized spacial score (nSPS) is 19.0. The Morgan fingerprint density at radius 3 is 2.58 bits per heavy atom. The van der Waals surface area contributed by atoms with Crippen LogP contribution in [0.3, 0.4) is 0 Å². The number of likely N-dealkylation sites (tertiary alicyclic amines) is 1. The summed E-state index contributed by atoms with van der Waals surface area (Å²) in [6, 6.07) is 5.29. The van der Waals surface area contributed by atoms with Crippen LogP contribution in [0.25, 0.3) is 0 Å². The Bertz CT molecular complexity index is 653. The van der Waals surface area contributed by atoms with Gasteiger partial charge >= 0.3 is 0 Å². The highest BCUT2D eigenvalue weighted by molar-refractivity contribution is 5.98. The van der Waals surface area contributed by atoms with Crippen molar-refractivity contribution < 1.29 is 19.1 Å². The fourth-order valence-electron chi connectivity index (χ4n) is 3.54. The first kappa shape index (κ1) is 18.7. The third-order valence-electron chi connectivity index (χ3n) is 5.20. The fraction of sp³-hybridized carbons (Fsp3) is 0.600. The number of carbonyl (C=O) groups excluding carboxylic acids is 2. The van der Waals surface area contributed by atoms with Crippen LogP contribution in [0, 0.1) is 5.92 Å². The van der Waals surface area contributed by atoms with Crippen LogP contribution in [0.1, 0.15) is 43.5 Å². The molecule has 0 saturated carbocycles. The Morgan fingerprint density at radius 2 is 1.88 bits per heavy atom. The molecule has 2 heterocycles. The lowest BCUT2D eigenvalue weighted by molar-refractivity contribution is -0.126. The molecule has 1 N–H and O–H groups in total. The van der Waals surface area contributed by atoms with Crippen LogP contribution < -0.4 is 14.8 Å². The van der Waals surface area contributed by atoms with Crippen LogP contribution in [-0.4, -0.2) is 55.5 Å². The van der Waals surface area contributed by atoms with Gasteiger partial charge in [0.25, 0.3) is 0 Å². The zero-order valence-corrected chi connectivity index (χ0v) is 15.6. The Morgan fingerprint density at radius 1 is 1.19 bits per heavy atom. The molecule has 1 saturated heterocycles. The Labute approximate surface area is 154 Å². The molecule has 26 heavy (non-hydrogen) atoms. The van der Waals surface area contributed by atoms with E-state index in [0.29, 0.717) is 36.8 Å². The number of benzene rings is 1. The number of fused-ring (bicyclic) bond motifs is 1. The molecule has 2 aliphatic heterocycles. The zero-order valence-electron chi connectivity index (χ0n) is 15.6. The van der Waals surface area contributed by atoms with Crippen LogP contribution in [0.4, 0.5) is 0 Å². The van der Waals surface area contributed by atoms with E-state index in [0.717, 1.165) is 32.4 Å². The largest absolute Gasteiger partial charge is 0.486 e. The van der Waals surface area contributed by atoms with E-state index >= 15 is 0 Å². The van der Waals surface area contributed by atoms with Gasteiger partial charge in [-0.05, 0) is 57.5 Å². The van der Waals surface area contributed by atoms with E-state index in [4.69, 9.17) is 9.47 Å². The number of nitrogens with zero attached hydrogens (tertiary/aromatic N) is 1. The molecule has 6 heteroatoms. The standard InChI is InChI=1S/C20H28N2O4/c1-3-8-21-20(24)14(2)22-9-6-15(7-10-22)19(23)16-4-5-17-18(13-16)26-12-11-25-17/h4-5,13-15H,3,6-12H2,1-2H3,(H,21,24)/t14-/m1/s1. The molecule has 0 spiro atoms. The second kappa shape index (κ2) is 8.54. The average molecular weight is 360 g/mol. The maximum atomic E-state index is 12.8. The first-order valence-corrected chi connectivity index (χ1v) is 9.55. The van der Waals surface area contributed by atoms with Crippen molar-refractivity contribution in [3.8, 4) is 11.5 Å². The molecule has 1 amide bonds. The van der Waals surface area contributed by atoms with E-state index in [9.17, 15) is 9.59 Å². The molecule has 2 aliphatic rings. The quantitative estimate of drug-likeness (QED) is 0.788. The number of ketones is 1. The molecule has 1 aromatic rings. The van der Waals surface area contributed by atoms with Crippen molar-refractivity contribution in [2.75, 3.05) is 32.8 Å². The van der Waals surface area contributed by atoms with Crippen molar-refractivity contribution in [1.82, 2.24) is 10.2 Å². The van der Waals surface area contributed by atoms with Crippen molar-refractivity contribution in [1.29, 1.82) is 0 Å². The summed E-state index contributed by atoms with van der Waals surface area (Å²) >= 11 is 0. The number of rotatable bonds is 6. The number of ether oxygens (including phenoxy) is 2. The van der Waals surface area contributed by atoms with Gasteiger partial charge in [0.05, 0.1) is 6.04 Å². The van der Waals surface area contributed by atoms with Crippen molar-refractivity contribution in [3.05, 3.63) is 23.8 Å². The van der Waals surface area contributed by atoms with Gasteiger partial charge in [-0.15, -0.1) is 0 Å². The number of hydrogen-bond donors (Lipinski definition) is 1. The molecule has 0 unspecified atom stereocenters. The molecule has 0 aliphatic carbocycles. The van der Waals surface area contributed by atoms with Gasteiger partial charge in [0.15, 0.2) is 17.3 Å². The Hall–Kier alpha value is -2.08. The summed E-state index contributed by atoms with van der Waals surface area (Å²) in [5.41, 5.74) is 0.682. The highest BCUT2D eigenvalue weighted by Gasteiger charge is 2.30. The van der Waals surface area contributed by atoms with Crippen molar-refractivity contribution >= 4 is 11.7 Å². The molecular weight excluding hydrogens is 332 g/mol. The maximum absolute atomic E-state index is 12.8. The van der Waals surface area contributed by atoms with Crippen LogP contribution in [0.15, 0.2) is 18.2 Å². The van der Waals surface area contributed by atoms with Crippen molar-refractivity contribution in [3.63, 3.8) is 0 Å². The highest BCUT2D eigenvalue weighted by Crippen LogP contribution is 2.32. The summed E-state index contributed by atoms with van der Waals surface area (Å²) in [6.07, 6.45) is 2.49. The lowest BCUT2D eigenvalue weighted by Crippen LogP contribution is -2.49. The predicted octanol–water partition coefficient (Wildman–Crippen LogP) is 2.27.